The molecule has 1 aliphatic heterocycles. The van der Waals surface area contributed by atoms with Crippen molar-refractivity contribution in [2.45, 2.75) is 25.5 Å². The lowest BCUT2D eigenvalue weighted by Crippen LogP contribution is -2.60. The maximum absolute atomic E-state index is 13.2. The van der Waals surface area contributed by atoms with E-state index < -0.39 is 18.1 Å². The molecule has 5 rings (SSSR count). The summed E-state index contributed by atoms with van der Waals surface area (Å²) in [5.74, 6) is 0.209. The first-order valence-electron chi connectivity index (χ1n) is 13.2. The number of rotatable bonds is 10. The fourth-order valence-electron chi connectivity index (χ4n) is 4.61. The third kappa shape index (κ3) is 6.55. The second kappa shape index (κ2) is 12.4. The number of benzene rings is 4. The molecule has 8 heteroatoms. The molecule has 1 saturated heterocycles. The van der Waals surface area contributed by atoms with Crippen LogP contribution in [-0.2, 0) is 25.5 Å². The van der Waals surface area contributed by atoms with Crippen molar-refractivity contribution >= 4 is 29.2 Å². The van der Waals surface area contributed by atoms with Gasteiger partial charge in [-0.1, -0.05) is 60.2 Å². The lowest BCUT2D eigenvalue weighted by molar-refractivity contribution is -0.162. The first-order chi connectivity index (χ1) is 19.9. The number of aryl methyl sites for hydroxylation is 1. The van der Waals surface area contributed by atoms with Gasteiger partial charge < -0.3 is 19.5 Å². The highest BCUT2D eigenvalue weighted by molar-refractivity contribution is 6.06. The number of amides is 2. The lowest BCUT2D eigenvalue weighted by atomic mass is 9.89. The van der Waals surface area contributed by atoms with Gasteiger partial charge in [0, 0.05) is 11.4 Å². The molecule has 41 heavy (non-hydrogen) atoms. The second-order valence-electron chi connectivity index (χ2n) is 9.70. The largest absolute Gasteiger partial charge is 0.497 e. The number of nitrogens with one attached hydrogen (secondary N) is 1. The van der Waals surface area contributed by atoms with Crippen LogP contribution < -0.4 is 19.7 Å². The molecule has 8 nitrogen and oxygen atoms in total. The fraction of sp³-hybridized carbons (Fsp3) is 0.182. The van der Waals surface area contributed by atoms with Crippen molar-refractivity contribution in [3.8, 4) is 11.5 Å². The molecule has 2 atom stereocenters. The molecule has 0 bridgehead atoms. The number of methoxy groups -OCH3 is 1. The van der Waals surface area contributed by atoms with E-state index in [0.29, 0.717) is 22.7 Å². The minimum atomic E-state index is -0.944. The molecule has 0 spiro atoms. The van der Waals surface area contributed by atoms with Crippen LogP contribution in [0.4, 0.5) is 11.4 Å². The smallest absolute Gasteiger partial charge is 0.311 e. The third-order valence-electron chi connectivity index (χ3n) is 6.77. The average molecular weight is 551 g/mol. The van der Waals surface area contributed by atoms with Crippen LogP contribution in [0.5, 0.6) is 11.5 Å². The summed E-state index contributed by atoms with van der Waals surface area (Å²) in [5, 5.41) is 2.77. The Morgan fingerprint density at radius 3 is 2.17 bits per heavy atom. The van der Waals surface area contributed by atoms with Gasteiger partial charge in [-0.2, -0.15) is 0 Å². The molecule has 2 unspecified atom stereocenters. The van der Waals surface area contributed by atoms with Crippen LogP contribution in [0.15, 0.2) is 103 Å². The van der Waals surface area contributed by atoms with Crippen LogP contribution in [0.3, 0.4) is 0 Å². The molecule has 1 aliphatic rings. The highest BCUT2D eigenvalue weighted by Gasteiger charge is 2.51. The summed E-state index contributed by atoms with van der Waals surface area (Å²) in [6.45, 7) is 1.86. The Bertz CT molecular complexity index is 1500. The van der Waals surface area contributed by atoms with E-state index in [1.807, 2.05) is 73.7 Å². The molecular formula is C33H30N2O6. The number of esters is 1. The van der Waals surface area contributed by atoms with Crippen molar-refractivity contribution in [2.75, 3.05) is 23.9 Å². The van der Waals surface area contributed by atoms with Crippen LogP contribution in [0.25, 0.3) is 0 Å². The number of carbonyl (C=O) groups is 3. The van der Waals surface area contributed by atoms with E-state index in [1.54, 1.807) is 48.4 Å². The molecule has 0 radical (unpaired) electrons. The Kier molecular flexibility index (Phi) is 8.29. The number of nitrogens with zero attached hydrogens (tertiary/aromatic N) is 1. The maximum Gasteiger partial charge on any atom is 0.311 e. The second-order valence-corrected chi connectivity index (χ2v) is 9.70. The van der Waals surface area contributed by atoms with Gasteiger partial charge in [0.15, 0.2) is 6.61 Å². The fourth-order valence-corrected chi connectivity index (χ4v) is 4.61. The summed E-state index contributed by atoms with van der Waals surface area (Å²) in [5.41, 5.74) is 3.92. The highest BCUT2D eigenvalue weighted by atomic mass is 16.6. The summed E-state index contributed by atoms with van der Waals surface area (Å²) < 4.78 is 16.5. The summed E-state index contributed by atoms with van der Waals surface area (Å²) in [6, 6.07) is 30.5. The summed E-state index contributed by atoms with van der Waals surface area (Å²) in [4.78, 5) is 40.0. The van der Waals surface area contributed by atoms with Crippen LogP contribution >= 0.6 is 0 Å². The zero-order chi connectivity index (χ0) is 28.8. The molecule has 2 amide bonds. The molecular weight excluding hydrogens is 520 g/mol. The van der Waals surface area contributed by atoms with Crippen LogP contribution in [0.1, 0.15) is 22.7 Å². The number of para-hydroxylation sites is 1. The number of hydrogen-bond acceptors (Lipinski definition) is 6. The van der Waals surface area contributed by atoms with E-state index in [4.69, 9.17) is 14.2 Å². The topological polar surface area (TPSA) is 94.2 Å². The number of hydrogen-bond donors (Lipinski definition) is 1. The normalized spacial score (nSPS) is 16.0. The number of carbonyl (C=O) groups excluding carboxylic acids is 3. The van der Waals surface area contributed by atoms with Crippen molar-refractivity contribution in [3.63, 3.8) is 0 Å². The summed E-state index contributed by atoms with van der Waals surface area (Å²) in [7, 11) is 1.59. The first-order valence-corrected chi connectivity index (χ1v) is 13.2. The van der Waals surface area contributed by atoms with Gasteiger partial charge in [0.25, 0.3) is 11.8 Å². The predicted molar refractivity (Wildman–Crippen MR) is 155 cm³/mol. The van der Waals surface area contributed by atoms with Gasteiger partial charge in [-0.3, -0.25) is 19.3 Å². The van der Waals surface area contributed by atoms with Gasteiger partial charge in [-0.25, -0.2) is 0 Å². The standard InChI is InChI=1S/C33H30N2O6/c1-22-8-16-26(17-9-22)35-31(24-12-18-27(39-2)19-13-24)32(33(35)38)41-30(37)20-23-10-14-25(15-11-23)34-29(36)21-40-28-6-4-3-5-7-28/h3-19,31-32H,20-21H2,1-2H3,(H,34,36). The molecule has 0 saturated carbocycles. The van der Waals surface area contributed by atoms with Crippen LogP contribution in [0, 0.1) is 6.92 Å². The Balaban J connectivity index is 1.21. The van der Waals surface area contributed by atoms with Crippen LogP contribution in [0.2, 0.25) is 0 Å². The van der Waals surface area contributed by atoms with Gasteiger partial charge in [0.05, 0.1) is 13.5 Å². The molecule has 208 valence electrons. The molecule has 1 heterocycles. The molecule has 1 N–H and O–H groups in total. The Morgan fingerprint density at radius 2 is 1.51 bits per heavy atom. The van der Waals surface area contributed by atoms with Crippen molar-refractivity contribution < 1.29 is 28.6 Å². The maximum atomic E-state index is 13.2. The zero-order valence-corrected chi connectivity index (χ0v) is 22.8. The Hall–Kier alpha value is -5.11. The molecule has 4 aromatic carbocycles. The van der Waals surface area contributed by atoms with Gasteiger partial charge >= 0.3 is 5.97 Å². The zero-order valence-electron chi connectivity index (χ0n) is 22.8. The Morgan fingerprint density at radius 1 is 0.829 bits per heavy atom. The SMILES string of the molecule is COc1ccc(C2C(OC(=O)Cc3ccc(NC(=O)COc4ccccc4)cc3)C(=O)N2c2ccc(C)cc2)cc1. The number of β-lactam (4-membered cyclic amide) rings is 1. The van der Waals surface area contributed by atoms with Crippen molar-refractivity contribution in [1.29, 1.82) is 0 Å². The van der Waals surface area contributed by atoms with E-state index >= 15 is 0 Å². The van der Waals surface area contributed by atoms with Crippen molar-refractivity contribution in [3.05, 3.63) is 120 Å². The van der Waals surface area contributed by atoms with Gasteiger partial charge in [0.2, 0.25) is 6.10 Å². The van der Waals surface area contributed by atoms with E-state index in [-0.39, 0.29) is 24.8 Å². The van der Waals surface area contributed by atoms with Crippen molar-refractivity contribution in [1.82, 2.24) is 0 Å². The molecule has 0 aromatic heterocycles. The number of ether oxygens (including phenoxy) is 3. The number of anilines is 2. The van der Waals surface area contributed by atoms with E-state index in [0.717, 1.165) is 16.8 Å². The Labute approximate surface area is 238 Å². The van der Waals surface area contributed by atoms with E-state index in [2.05, 4.69) is 5.32 Å². The predicted octanol–water partition coefficient (Wildman–Crippen LogP) is 5.26. The highest BCUT2D eigenvalue weighted by Crippen LogP contribution is 2.41. The summed E-state index contributed by atoms with van der Waals surface area (Å²) in [6.07, 6.45) is -0.963. The minimum absolute atomic E-state index is 0.0189. The lowest BCUT2D eigenvalue weighted by Gasteiger charge is -2.46. The monoisotopic (exact) mass is 550 g/mol. The third-order valence-corrected chi connectivity index (χ3v) is 6.77. The van der Waals surface area contributed by atoms with Gasteiger partial charge in [-0.05, 0) is 66.6 Å². The van der Waals surface area contributed by atoms with E-state index in [1.165, 1.54) is 0 Å². The van der Waals surface area contributed by atoms with Gasteiger partial charge in [0.1, 0.15) is 17.5 Å². The van der Waals surface area contributed by atoms with Gasteiger partial charge in [-0.15, -0.1) is 0 Å². The molecule has 0 aliphatic carbocycles. The van der Waals surface area contributed by atoms with Crippen LogP contribution in [-0.4, -0.2) is 37.6 Å². The van der Waals surface area contributed by atoms with E-state index in [9.17, 15) is 14.4 Å². The minimum Gasteiger partial charge on any atom is -0.497 e. The first kappa shape index (κ1) is 27.5. The quantitative estimate of drug-likeness (QED) is 0.214. The van der Waals surface area contributed by atoms with Crippen molar-refractivity contribution in [2.24, 2.45) is 0 Å². The molecule has 1 fully saturated rings. The summed E-state index contributed by atoms with van der Waals surface area (Å²) >= 11 is 0. The molecule has 4 aromatic rings. The average Bonchev–Trinajstić information content (AvgIpc) is 3.00.